The number of carbonyl (C=O) groups excluding carboxylic acids is 1. The van der Waals surface area contributed by atoms with Crippen molar-refractivity contribution >= 4 is 33.2 Å². The van der Waals surface area contributed by atoms with E-state index in [-0.39, 0.29) is 5.91 Å². The average Bonchev–Trinajstić information content (AvgIpc) is 2.38. The van der Waals surface area contributed by atoms with Gasteiger partial charge in [-0.3, -0.25) is 9.52 Å². The number of sulfonamides is 1. The number of nitrogens with one attached hydrogen (secondary N) is 1. The highest BCUT2D eigenvalue weighted by atomic mass is 35.5. The van der Waals surface area contributed by atoms with E-state index in [0.29, 0.717) is 35.3 Å². The van der Waals surface area contributed by atoms with Crippen LogP contribution in [0.4, 0.5) is 5.69 Å². The van der Waals surface area contributed by atoms with Gasteiger partial charge < -0.3 is 4.90 Å². The first-order valence-corrected chi connectivity index (χ1v) is 9.10. The Labute approximate surface area is 130 Å². The van der Waals surface area contributed by atoms with Gasteiger partial charge >= 0.3 is 0 Å². The summed E-state index contributed by atoms with van der Waals surface area (Å²) in [6, 6.07) is 4.57. The van der Waals surface area contributed by atoms with Crippen molar-refractivity contribution in [3.8, 4) is 0 Å². The second-order valence-corrected chi connectivity index (χ2v) is 7.72. The zero-order chi connectivity index (χ0) is 15.6. The van der Waals surface area contributed by atoms with Crippen LogP contribution in [-0.2, 0) is 10.0 Å². The average molecular weight is 331 g/mol. The molecule has 0 saturated carbocycles. The molecule has 1 aliphatic heterocycles. The second-order valence-electron chi connectivity index (χ2n) is 5.57. The minimum atomic E-state index is -3.38. The van der Waals surface area contributed by atoms with Gasteiger partial charge in [-0.1, -0.05) is 18.5 Å². The first-order chi connectivity index (χ1) is 9.76. The van der Waals surface area contributed by atoms with Crippen LogP contribution in [0.1, 0.15) is 30.1 Å². The number of piperidine rings is 1. The van der Waals surface area contributed by atoms with Gasteiger partial charge in [-0.05, 0) is 37.0 Å². The van der Waals surface area contributed by atoms with Crippen LogP contribution < -0.4 is 4.72 Å². The van der Waals surface area contributed by atoms with Crippen molar-refractivity contribution in [2.75, 3.05) is 24.1 Å². The molecule has 116 valence electrons. The van der Waals surface area contributed by atoms with E-state index in [9.17, 15) is 13.2 Å². The van der Waals surface area contributed by atoms with Crippen molar-refractivity contribution < 1.29 is 13.2 Å². The number of rotatable bonds is 3. The molecular formula is C14H19ClN2O3S. The predicted molar refractivity (Wildman–Crippen MR) is 84.2 cm³/mol. The monoisotopic (exact) mass is 330 g/mol. The van der Waals surface area contributed by atoms with E-state index in [4.69, 9.17) is 11.6 Å². The highest BCUT2D eigenvalue weighted by Crippen LogP contribution is 2.25. The van der Waals surface area contributed by atoms with Crippen LogP contribution in [0.3, 0.4) is 0 Å². The molecule has 1 N–H and O–H groups in total. The summed E-state index contributed by atoms with van der Waals surface area (Å²) in [5.74, 6) is 0.322. The summed E-state index contributed by atoms with van der Waals surface area (Å²) < 4.78 is 24.9. The third-order valence-corrected chi connectivity index (χ3v) is 4.38. The number of hydrogen-bond donors (Lipinski definition) is 1. The molecule has 1 amide bonds. The lowest BCUT2D eigenvalue weighted by Crippen LogP contribution is -2.39. The van der Waals surface area contributed by atoms with Crippen molar-refractivity contribution in [2.45, 2.75) is 19.8 Å². The molecule has 1 saturated heterocycles. The lowest BCUT2D eigenvalue weighted by Gasteiger charge is -2.31. The maximum Gasteiger partial charge on any atom is 0.255 e. The molecule has 7 heteroatoms. The maximum absolute atomic E-state index is 12.5. The first-order valence-electron chi connectivity index (χ1n) is 6.83. The lowest BCUT2D eigenvalue weighted by atomic mass is 9.99. The van der Waals surface area contributed by atoms with Gasteiger partial charge in [0.1, 0.15) is 0 Å². The lowest BCUT2D eigenvalue weighted by molar-refractivity contribution is 0.0683. The molecule has 0 spiro atoms. The van der Waals surface area contributed by atoms with Gasteiger partial charge in [-0.2, -0.15) is 0 Å². The fourth-order valence-corrected chi connectivity index (χ4v) is 3.26. The standard InChI is InChI=1S/C14H19ClN2O3S/c1-10-4-3-7-17(9-10)14(18)12-8-11(5-6-13(12)15)16-21(2,19)20/h5-6,8,10,16H,3-4,7,9H2,1-2H3/t10-/m1/s1. The van der Waals surface area contributed by atoms with E-state index in [1.54, 1.807) is 11.0 Å². The number of benzene rings is 1. The van der Waals surface area contributed by atoms with Gasteiger partial charge in [0.05, 0.1) is 16.8 Å². The number of halogens is 1. The molecule has 1 aromatic rings. The maximum atomic E-state index is 12.5. The summed E-state index contributed by atoms with van der Waals surface area (Å²) in [6.07, 6.45) is 3.16. The van der Waals surface area contributed by atoms with Crippen molar-refractivity contribution in [3.05, 3.63) is 28.8 Å². The van der Waals surface area contributed by atoms with E-state index < -0.39 is 10.0 Å². The number of hydrogen-bond acceptors (Lipinski definition) is 3. The topological polar surface area (TPSA) is 66.5 Å². The molecule has 21 heavy (non-hydrogen) atoms. The second kappa shape index (κ2) is 6.23. The Morgan fingerprint density at radius 2 is 2.14 bits per heavy atom. The Bertz CT molecular complexity index is 646. The minimum Gasteiger partial charge on any atom is -0.338 e. The van der Waals surface area contributed by atoms with E-state index in [0.717, 1.165) is 19.1 Å². The Hall–Kier alpha value is -1.27. The summed E-state index contributed by atoms with van der Waals surface area (Å²) >= 11 is 6.09. The van der Waals surface area contributed by atoms with Crippen LogP contribution in [0.25, 0.3) is 0 Å². The van der Waals surface area contributed by atoms with Gasteiger partial charge in [0.25, 0.3) is 5.91 Å². The van der Waals surface area contributed by atoms with Crippen LogP contribution in [-0.4, -0.2) is 38.6 Å². The Kier molecular flexibility index (Phi) is 4.78. The fourth-order valence-electron chi connectivity index (χ4n) is 2.51. The van der Waals surface area contributed by atoms with Crippen LogP contribution in [0.15, 0.2) is 18.2 Å². The summed E-state index contributed by atoms with van der Waals surface area (Å²) in [5, 5.41) is 0.331. The summed E-state index contributed by atoms with van der Waals surface area (Å²) in [6.45, 7) is 3.53. The zero-order valence-electron chi connectivity index (χ0n) is 12.1. The molecule has 0 radical (unpaired) electrons. The Balaban J connectivity index is 2.25. The molecule has 0 unspecified atom stereocenters. The van der Waals surface area contributed by atoms with E-state index in [1.165, 1.54) is 12.1 Å². The fraction of sp³-hybridized carbons (Fsp3) is 0.500. The summed E-state index contributed by atoms with van der Waals surface area (Å²) in [5.41, 5.74) is 0.676. The quantitative estimate of drug-likeness (QED) is 0.926. The number of amides is 1. The molecule has 0 aliphatic carbocycles. The number of anilines is 1. The number of carbonyl (C=O) groups is 1. The van der Waals surface area contributed by atoms with Crippen molar-refractivity contribution in [3.63, 3.8) is 0 Å². The smallest absolute Gasteiger partial charge is 0.255 e. The molecule has 5 nitrogen and oxygen atoms in total. The molecule has 1 fully saturated rings. The molecule has 1 aromatic carbocycles. The number of likely N-dealkylation sites (tertiary alicyclic amines) is 1. The van der Waals surface area contributed by atoms with Crippen molar-refractivity contribution in [2.24, 2.45) is 5.92 Å². The molecular weight excluding hydrogens is 312 g/mol. The molecule has 0 aromatic heterocycles. The highest BCUT2D eigenvalue weighted by Gasteiger charge is 2.24. The molecule has 1 atom stereocenters. The zero-order valence-corrected chi connectivity index (χ0v) is 13.7. The minimum absolute atomic E-state index is 0.149. The first kappa shape index (κ1) is 16.1. The third kappa shape index (κ3) is 4.35. The van der Waals surface area contributed by atoms with Gasteiger partial charge in [0.15, 0.2) is 0 Å². The van der Waals surface area contributed by atoms with Gasteiger partial charge in [-0.25, -0.2) is 8.42 Å². The third-order valence-electron chi connectivity index (χ3n) is 3.44. The Morgan fingerprint density at radius 1 is 1.43 bits per heavy atom. The van der Waals surface area contributed by atoms with Crippen LogP contribution in [0, 0.1) is 5.92 Å². The normalized spacial score (nSPS) is 19.4. The largest absolute Gasteiger partial charge is 0.338 e. The molecule has 1 heterocycles. The van der Waals surface area contributed by atoms with Crippen LogP contribution in [0.2, 0.25) is 5.02 Å². The van der Waals surface area contributed by atoms with Gasteiger partial charge in [0.2, 0.25) is 10.0 Å². The SMILES string of the molecule is C[C@@H]1CCCN(C(=O)c2cc(NS(C)(=O)=O)ccc2Cl)C1. The van der Waals surface area contributed by atoms with E-state index in [2.05, 4.69) is 11.6 Å². The molecule has 2 rings (SSSR count). The van der Waals surface area contributed by atoms with Gasteiger partial charge in [0, 0.05) is 18.8 Å². The van der Waals surface area contributed by atoms with Crippen molar-refractivity contribution in [1.82, 2.24) is 4.90 Å². The number of nitrogens with zero attached hydrogens (tertiary/aromatic N) is 1. The Morgan fingerprint density at radius 3 is 2.76 bits per heavy atom. The van der Waals surface area contributed by atoms with Crippen LogP contribution in [0.5, 0.6) is 0 Å². The molecule has 1 aliphatic rings. The van der Waals surface area contributed by atoms with E-state index >= 15 is 0 Å². The predicted octanol–water partition coefficient (Wildman–Crippen LogP) is 2.58. The molecule has 0 bridgehead atoms. The summed E-state index contributed by atoms with van der Waals surface area (Å²) in [7, 11) is -3.38. The van der Waals surface area contributed by atoms with E-state index in [1.807, 2.05) is 0 Å². The van der Waals surface area contributed by atoms with Crippen LogP contribution >= 0.6 is 11.6 Å². The summed E-state index contributed by atoms with van der Waals surface area (Å²) in [4.78, 5) is 14.3. The van der Waals surface area contributed by atoms with Crippen molar-refractivity contribution in [1.29, 1.82) is 0 Å². The van der Waals surface area contributed by atoms with Gasteiger partial charge in [-0.15, -0.1) is 0 Å². The highest BCUT2D eigenvalue weighted by molar-refractivity contribution is 7.92.